The second kappa shape index (κ2) is 9.11. The van der Waals surface area contributed by atoms with Gasteiger partial charge in [-0.3, -0.25) is 28.8 Å². The number of carbonyl (C=O) groups is 6. The Kier molecular flexibility index (Phi) is 6.16. The third-order valence-corrected chi connectivity index (χ3v) is 8.42. The number of rotatable bonds is 4. The fourth-order valence-corrected chi connectivity index (χ4v) is 6.49. The molecule has 3 aliphatic carbocycles. The zero-order valence-corrected chi connectivity index (χ0v) is 19.0. The zero-order valence-electron chi connectivity index (χ0n) is 19.0. The van der Waals surface area contributed by atoms with E-state index in [0.717, 1.165) is 19.3 Å². The molecule has 2 aliphatic heterocycles. The summed E-state index contributed by atoms with van der Waals surface area (Å²) < 4.78 is 9.46. The van der Waals surface area contributed by atoms with E-state index in [9.17, 15) is 28.8 Å². The van der Waals surface area contributed by atoms with Gasteiger partial charge in [-0.15, -0.1) is 0 Å². The van der Waals surface area contributed by atoms with Gasteiger partial charge in [-0.05, 0) is 64.2 Å². The minimum Gasteiger partial charge on any atom is -0.393 e. The van der Waals surface area contributed by atoms with E-state index in [-0.39, 0.29) is 35.7 Å². The molecular weight excluding hydrogens is 444 g/mol. The van der Waals surface area contributed by atoms with Crippen LogP contribution in [0.2, 0.25) is 0 Å². The van der Waals surface area contributed by atoms with E-state index < -0.39 is 47.5 Å². The SMILES string of the molecule is O=C(NC1CCCC(NC(=O)C2CCC3C(=O)OC(=O)C3C2)C1)C1CCC2C(=O)OC(=O)C2C1. The topological polar surface area (TPSA) is 145 Å². The van der Waals surface area contributed by atoms with Gasteiger partial charge in [-0.25, -0.2) is 0 Å². The van der Waals surface area contributed by atoms with Gasteiger partial charge in [0.25, 0.3) is 0 Å². The predicted octanol–water partition coefficient (Wildman–Crippen LogP) is 0.762. The van der Waals surface area contributed by atoms with Crippen LogP contribution in [0.5, 0.6) is 0 Å². The molecule has 5 aliphatic rings. The van der Waals surface area contributed by atoms with Gasteiger partial charge in [-0.2, -0.15) is 0 Å². The van der Waals surface area contributed by atoms with Crippen LogP contribution >= 0.6 is 0 Å². The van der Waals surface area contributed by atoms with Crippen molar-refractivity contribution in [2.45, 2.75) is 76.3 Å². The number of ether oxygens (including phenoxy) is 2. The maximum atomic E-state index is 12.9. The molecule has 34 heavy (non-hydrogen) atoms. The van der Waals surface area contributed by atoms with E-state index in [1.54, 1.807) is 0 Å². The quantitative estimate of drug-likeness (QED) is 0.449. The van der Waals surface area contributed by atoms with Crippen LogP contribution in [-0.4, -0.2) is 47.8 Å². The lowest BCUT2D eigenvalue weighted by Crippen LogP contribution is -2.49. The first-order valence-corrected chi connectivity index (χ1v) is 12.4. The molecule has 0 aromatic rings. The van der Waals surface area contributed by atoms with Crippen LogP contribution < -0.4 is 10.6 Å². The summed E-state index contributed by atoms with van der Waals surface area (Å²) in [5, 5.41) is 6.18. The van der Waals surface area contributed by atoms with E-state index in [2.05, 4.69) is 10.6 Å². The summed E-state index contributed by atoms with van der Waals surface area (Å²) in [6.45, 7) is 0. The highest BCUT2D eigenvalue weighted by atomic mass is 16.6. The highest BCUT2D eigenvalue weighted by Crippen LogP contribution is 2.41. The van der Waals surface area contributed by atoms with Crippen LogP contribution in [0.15, 0.2) is 0 Å². The number of nitrogens with one attached hydrogen (secondary N) is 2. The number of amides is 2. The average molecular weight is 475 g/mol. The highest BCUT2D eigenvalue weighted by molar-refractivity contribution is 5.98. The number of cyclic esters (lactones) is 4. The van der Waals surface area contributed by atoms with Gasteiger partial charge in [0.2, 0.25) is 11.8 Å². The summed E-state index contributed by atoms with van der Waals surface area (Å²) in [6, 6.07) is -0.140. The van der Waals surface area contributed by atoms with Crippen molar-refractivity contribution in [2.24, 2.45) is 35.5 Å². The van der Waals surface area contributed by atoms with Crippen molar-refractivity contribution in [3.05, 3.63) is 0 Å². The number of hydrogen-bond acceptors (Lipinski definition) is 8. The summed E-state index contributed by atoms with van der Waals surface area (Å²) in [5.41, 5.74) is 0. The van der Waals surface area contributed by atoms with E-state index in [1.165, 1.54) is 0 Å². The van der Waals surface area contributed by atoms with E-state index in [4.69, 9.17) is 9.47 Å². The molecule has 2 amide bonds. The molecule has 5 fully saturated rings. The fourth-order valence-electron chi connectivity index (χ4n) is 6.49. The molecule has 3 saturated carbocycles. The smallest absolute Gasteiger partial charge is 0.317 e. The van der Waals surface area contributed by atoms with E-state index >= 15 is 0 Å². The molecule has 10 heteroatoms. The molecule has 0 bridgehead atoms. The van der Waals surface area contributed by atoms with Gasteiger partial charge in [0.1, 0.15) is 0 Å². The summed E-state index contributed by atoms with van der Waals surface area (Å²) in [5.74, 6) is -4.68. The molecule has 2 heterocycles. The first-order chi connectivity index (χ1) is 16.3. The Hall–Kier alpha value is -2.78. The Balaban J connectivity index is 1.11. The van der Waals surface area contributed by atoms with Crippen LogP contribution in [0.1, 0.15) is 64.2 Å². The largest absolute Gasteiger partial charge is 0.393 e. The van der Waals surface area contributed by atoms with Crippen LogP contribution in [-0.2, 0) is 38.2 Å². The molecule has 5 rings (SSSR count). The van der Waals surface area contributed by atoms with Gasteiger partial charge in [-0.1, -0.05) is 0 Å². The van der Waals surface area contributed by atoms with Gasteiger partial charge >= 0.3 is 23.9 Å². The minimum atomic E-state index is -0.516. The van der Waals surface area contributed by atoms with Crippen molar-refractivity contribution in [2.75, 3.05) is 0 Å². The lowest BCUT2D eigenvalue weighted by atomic mass is 9.74. The maximum Gasteiger partial charge on any atom is 0.317 e. The highest BCUT2D eigenvalue weighted by Gasteiger charge is 2.50. The predicted molar refractivity (Wildman–Crippen MR) is 113 cm³/mol. The van der Waals surface area contributed by atoms with Crippen LogP contribution in [0.4, 0.5) is 0 Å². The molecule has 0 aromatic carbocycles. The van der Waals surface area contributed by atoms with Crippen molar-refractivity contribution in [3.63, 3.8) is 0 Å². The van der Waals surface area contributed by atoms with Gasteiger partial charge in [0.15, 0.2) is 0 Å². The molecule has 0 radical (unpaired) electrons. The molecule has 0 aromatic heterocycles. The van der Waals surface area contributed by atoms with Crippen LogP contribution in [0.3, 0.4) is 0 Å². The Labute approximate surface area is 196 Å². The molecule has 184 valence electrons. The molecule has 8 atom stereocenters. The van der Waals surface area contributed by atoms with Crippen molar-refractivity contribution in [1.29, 1.82) is 0 Å². The van der Waals surface area contributed by atoms with Crippen molar-refractivity contribution >= 4 is 35.7 Å². The zero-order chi connectivity index (χ0) is 24.0. The third kappa shape index (κ3) is 4.34. The Bertz CT molecular complexity index is 860. The second-order valence-electron chi connectivity index (χ2n) is 10.5. The van der Waals surface area contributed by atoms with Crippen LogP contribution in [0.25, 0.3) is 0 Å². The Morgan fingerprint density at radius 2 is 0.971 bits per heavy atom. The Morgan fingerprint density at radius 1 is 0.559 bits per heavy atom. The van der Waals surface area contributed by atoms with Crippen molar-refractivity contribution in [1.82, 2.24) is 10.6 Å². The lowest BCUT2D eigenvalue weighted by Gasteiger charge is -2.34. The minimum absolute atomic E-state index is 0.0698. The number of hydrogen-bond donors (Lipinski definition) is 2. The Morgan fingerprint density at radius 3 is 1.41 bits per heavy atom. The molecular formula is C24H30N2O8. The van der Waals surface area contributed by atoms with Crippen molar-refractivity contribution < 1.29 is 38.2 Å². The molecule has 8 unspecified atom stereocenters. The maximum absolute atomic E-state index is 12.9. The summed E-state index contributed by atoms with van der Waals surface area (Å²) >= 11 is 0. The van der Waals surface area contributed by atoms with Gasteiger partial charge in [0.05, 0.1) is 23.7 Å². The lowest BCUT2D eigenvalue weighted by molar-refractivity contribution is -0.155. The van der Waals surface area contributed by atoms with Gasteiger partial charge in [0, 0.05) is 23.9 Å². The number of fused-ring (bicyclic) bond motifs is 2. The first kappa shape index (κ1) is 23.0. The fraction of sp³-hybridized carbons (Fsp3) is 0.750. The molecule has 2 saturated heterocycles. The van der Waals surface area contributed by atoms with E-state index in [0.29, 0.717) is 44.9 Å². The monoisotopic (exact) mass is 474 g/mol. The summed E-state index contributed by atoms with van der Waals surface area (Å²) in [6.07, 6.45) is 5.87. The summed E-state index contributed by atoms with van der Waals surface area (Å²) in [7, 11) is 0. The van der Waals surface area contributed by atoms with Crippen LogP contribution in [0, 0.1) is 35.5 Å². The third-order valence-electron chi connectivity index (χ3n) is 8.42. The molecule has 10 nitrogen and oxygen atoms in total. The molecule has 2 N–H and O–H groups in total. The normalized spacial score (nSPS) is 39.5. The van der Waals surface area contributed by atoms with Gasteiger partial charge < -0.3 is 20.1 Å². The van der Waals surface area contributed by atoms with Crippen molar-refractivity contribution in [3.8, 4) is 0 Å². The number of esters is 4. The average Bonchev–Trinajstić information content (AvgIpc) is 3.27. The number of carbonyl (C=O) groups excluding carboxylic acids is 6. The molecule has 0 spiro atoms. The first-order valence-electron chi connectivity index (χ1n) is 12.4. The summed E-state index contributed by atoms with van der Waals surface area (Å²) in [4.78, 5) is 73.0. The second-order valence-corrected chi connectivity index (χ2v) is 10.5. The van der Waals surface area contributed by atoms with E-state index in [1.807, 2.05) is 0 Å². The standard InChI is InChI=1S/C24H30N2O8/c27-19(11-4-6-15-17(8-11)23(31)33-21(15)29)25-13-2-1-3-14(10-13)26-20(28)12-5-7-16-18(9-12)24(32)34-22(16)30/h11-18H,1-10H2,(H,25,27)(H,26,28).